The van der Waals surface area contributed by atoms with Crippen molar-refractivity contribution >= 4 is 5.97 Å². The zero-order valence-electron chi connectivity index (χ0n) is 12.3. The van der Waals surface area contributed by atoms with E-state index >= 15 is 0 Å². The number of hydrogen-bond donors (Lipinski definition) is 1. The zero-order valence-corrected chi connectivity index (χ0v) is 12.3. The van der Waals surface area contributed by atoms with Crippen LogP contribution in [0, 0.1) is 0 Å². The Bertz CT molecular complexity index is 527. The Kier molecular flexibility index (Phi) is 3.12. The van der Waals surface area contributed by atoms with Crippen LogP contribution in [-0.2, 0) is 11.8 Å². The number of carboxylic acids is 1. The fourth-order valence-corrected chi connectivity index (χ4v) is 3.22. The highest BCUT2D eigenvalue weighted by Crippen LogP contribution is 2.45. The first kappa shape index (κ1) is 13.9. The van der Waals surface area contributed by atoms with Crippen molar-refractivity contribution in [2.75, 3.05) is 0 Å². The minimum atomic E-state index is -0.861. The second-order valence-corrected chi connectivity index (χ2v) is 6.59. The van der Waals surface area contributed by atoms with Crippen molar-refractivity contribution in [3.05, 3.63) is 28.8 Å². The number of fused-ring (bicyclic) bond motifs is 1. The van der Waals surface area contributed by atoms with E-state index in [2.05, 4.69) is 27.7 Å². The zero-order chi connectivity index (χ0) is 14.4. The summed E-state index contributed by atoms with van der Waals surface area (Å²) in [6.07, 6.45) is 1.57. The van der Waals surface area contributed by atoms with Crippen molar-refractivity contribution in [2.45, 2.75) is 58.5 Å². The summed E-state index contributed by atoms with van der Waals surface area (Å²) in [6, 6.07) is 3.70. The van der Waals surface area contributed by atoms with Gasteiger partial charge in [0, 0.05) is 5.56 Å². The van der Waals surface area contributed by atoms with Crippen LogP contribution in [0.1, 0.15) is 62.5 Å². The highest BCUT2D eigenvalue weighted by Gasteiger charge is 2.39. The lowest BCUT2D eigenvalue weighted by Crippen LogP contribution is -2.41. The Balaban J connectivity index is 2.65. The number of hydrogen-bond acceptors (Lipinski definition) is 2. The van der Waals surface area contributed by atoms with Crippen molar-refractivity contribution < 1.29 is 14.6 Å². The number of carboxylic acid groups (broad SMARTS) is 1. The van der Waals surface area contributed by atoms with Crippen molar-refractivity contribution in [1.82, 2.24) is 0 Å². The van der Waals surface area contributed by atoms with E-state index in [0.29, 0.717) is 12.0 Å². The van der Waals surface area contributed by atoms with Gasteiger partial charge in [-0.15, -0.1) is 0 Å². The Morgan fingerprint density at radius 2 is 1.95 bits per heavy atom. The van der Waals surface area contributed by atoms with E-state index in [4.69, 9.17) is 4.74 Å². The lowest BCUT2D eigenvalue weighted by atomic mass is 9.73. The number of aryl methyl sites for hydroxylation is 1. The molecule has 0 saturated carbocycles. The van der Waals surface area contributed by atoms with Gasteiger partial charge in [0.1, 0.15) is 11.4 Å². The average Bonchev–Trinajstić information content (AvgIpc) is 2.24. The smallest absolute Gasteiger partial charge is 0.335 e. The van der Waals surface area contributed by atoms with Crippen molar-refractivity contribution in [1.29, 1.82) is 0 Å². The molecular weight excluding hydrogens is 240 g/mol. The molecule has 3 nitrogen and oxygen atoms in total. The molecule has 1 aliphatic rings. The predicted octanol–water partition coefficient (Wildman–Crippen LogP) is 3.79. The first-order valence-corrected chi connectivity index (χ1v) is 6.76. The van der Waals surface area contributed by atoms with Crippen molar-refractivity contribution in [2.24, 2.45) is 0 Å². The van der Waals surface area contributed by atoms with E-state index in [0.717, 1.165) is 23.3 Å². The van der Waals surface area contributed by atoms with Gasteiger partial charge >= 0.3 is 5.97 Å². The molecule has 1 N–H and O–H groups in total. The quantitative estimate of drug-likeness (QED) is 0.882. The summed E-state index contributed by atoms with van der Waals surface area (Å²) in [6.45, 7) is 10.4. The highest BCUT2D eigenvalue weighted by atomic mass is 16.5. The normalized spacial score (nSPS) is 19.4. The first-order chi connectivity index (χ1) is 8.66. The molecule has 104 valence electrons. The maximum atomic E-state index is 11.4. The summed E-state index contributed by atoms with van der Waals surface area (Å²) in [7, 11) is 0. The SMILES string of the molecule is CCc1cc2c(cc1C(=O)O)C(C)(C)CC(C)(C)O2. The Hall–Kier alpha value is -1.51. The van der Waals surface area contributed by atoms with E-state index in [-0.39, 0.29) is 11.0 Å². The summed E-state index contributed by atoms with van der Waals surface area (Å²) < 4.78 is 6.04. The van der Waals surface area contributed by atoms with Crippen molar-refractivity contribution in [3.63, 3.8) is 0 Å². The molecule has 0 aliphatic carbocycles. The van der Waals surface area contributed by atoms with Gasteiger partial charge in [-0.3, -0.25) is 0 Å². The van der Waals surface area contributed by atoms with Gasteiger partial charge < -0.3 is 9.84 Å². The lowest BCUT2D eigenvalue weighted by molar-refractivity contribution is 0.0531. The van der Waals surface area contributed by atoms with Gasteiger partial charge in [-0.1, -0.05) is 20.8 Å². The largest absolute Gasteiger partial charge is 0.488 e. The van der Waals surface area contributed by atoms with Gasteiger partial charge in [-0.2, -0.15) is 0 Å². The fraction of sp³-hybridized carbons (Fsp3) is 0.562. The third-order valence-corrected chi connectivity index (χ3v) is 3.80. The Morgan fingerprint density at radius 1 is 1.32 bits per heavy atom. The molecule has 0 bridgehead atoms. The van der Waals surface area contributed by atoms with Crippen LogP contribution in [0.4, 0.5) is 0 Å². The fourth-order valence-electron chi connectivity index (χ4n) is 3.22. The van der Waals surface area contributed by atoms with Gasteiger partial charge in [0.15, 0.2) is 0 Å². The second kappa shape index (κ2) is 4.26. The van der Waals surface area contributed by atoms with E-state index < -0.39 is 5.97 Å². The molecule has 1 heterocycles. The van der Waals surface area contributed by atoms with Gasteiger partial charge in [0.2, 0.25) is 0 Å². The predicted molar refractivity (Wildman–Crippen MR) is 75.1 cm³/mol. The molecule has 19 heavy (non-hydrogen) atoms. The molecule has 0 saturated heterocycles. The minimum Gasteiger partial charge on any atom is -0.488 e. The molecule has 2 rings (SSSR count). The Labute approximate surface area is 114 Å². The van der Waals surface area contributed by atoms with Crippen LogP contribution in [0.5, 0.6) is 5.75 Å². The van der Waals surface area contributed by atoms with Crippen LogP contribution in [0.25, 0.3) is 0 Å². The van der Waals surface area contributed by atoms with Crippen LogP contribution < -0.4 is 4.74 Å². The Morgan fingerprint density at radius 3 is 2.47 bits per heavy atom. The molecule has 0 amide bonds. The van der Waals surface area contributed by atoms with Crippen molar-refractivity contribution in [3.8, 4) is 5.75 Å². The third kappa shape index (κ3) is 2.46. The summed E-state index contributed by atoms with van der Waals surface area (Å²) >= 11 is 0. The van der Waals surface area contributed by atoms with Crippen LogP contribution >= 0.6 is 0 Å². The van der Waals surface area contributed by atoms with Gasteiger partial charge in [0.25, 0.3) is 0 Å². The van der Waals surface area contributed by atoms with Gasteiger partial charge in [0.05, 0.1) is 5.56 Å². The van der Waals surface area contributed by atoms with Crippen LogP contribution in [0.3, 0.4) is 0 Å². The van der Waals surface area contributed by atoms with Gasteiger partial charge in [-0.25, -0.2) is 4.79 Å². The van der Waals surface area contributed by atoms with E-state index in [1.165, 1.54) is 0 Å². The lowest BCUT2D eigenvalue weighted by Gasteiger charge is -2.42. The molecule has 0 radical (unpaired) electrons. The van der Waals surface area contributed by atoms with Gasteiger partial charge in [-0.05, 0) is 49.8 Å². The summed E-state index contributed by atoms with van der Waals surface area (Å²) in [5, 5.41) is 9.33. The molecule has 1 aromatic rings. The average molecular weight is 262 g/mol. The summed E-state index contributed by atoms with van der Waals surface area (Å²) in [4.78, 5) is 11.4. The number of rotatable bonds is 2. The van der Waals surface area contributed by atoms with Crippen LogP contribution in [0.2, 0.25) is 0 Å². The monoisotopic (exact) mass is 262 g/mol. The number of benzene rings is 1. The number of aromatic carboxylic acids is 1. The highest BCUT2D eigenvalue weighted by molar-refractivity contribution is 5.90. The molecule has 1 aromatic carbocycles. The molecular formula is C16H22O3. The molecule has 3 heteroatoms. The van der Waals surface area contributed by atoms with Crippen LogP contribution in [-0.4, -0.2) is 16.7 Å². The third-order valence-electron chi connectivity index (χ3n) is 3.80. The topological polar surface area (TPSA) is 46.5 Å². The molecule has 1 aliphatic heterocycles. The number of ether oxygens (including phenoxy) is 1. The first-order valence-electron chi connectivity index (χ1n) is 6.76. The molecule has 0 unspecified atom stereocenters. The molecule has 0 aromatic heterocycles. The summed E-state index contributed by atoms with van der Waals surface area (Å²) in [5.41, 5.74) is 1.94. The maximum absolute atomic E-state index is 11.4. The minimum absolute atomic E-state index is 0.0758. The molecule has 0 spiro atoms. The molecule has 0 atom stereocenters. The van der Waals surface area contributed by atoms with E-state index in [1.807, 2.05) is 13.0 Å². The second-order valence-electron chi connectivity index (χ2n) is 6.59. The standard InChI is InChI=1S/C16H22O3/c1-6-10-7-13-12(8-11(10)14(17)18)15(2,3)9-16(4,5)19-13/h7-8H,6,9H2,1-5H3,(H,17,18). The van der Waals surface area contributed by atoms with Crippen LogP contribution in [0.15, 0.2) is 12.1 Å². The summed E-state index contributed by atoms with van der Waals surface area (Å²) in [5.74, 6) is -0.0246. The van der Waals surface area contributed by atoms with E-state index in [9.17, 15) is 9.90 Å². The molecule has 0 fully saturated rings. The number of carbonyl (C=O) groups is 1. The van der Waals surface area contributed by atoms with E-state index in [1.54, 1.807) is 6.07 Å². The maximum Gasteiger partial charge on any atom is 0.335 e.